The molecule has 0 saturated carbocycles. The molecular weight excluding hydrogens is 466 g/mol. The highest BCUT2D eigenvalue weighted by molar-refractivity contribution is 9.10. The average Bonchev–Trinajstić information content (AvgIpc) is 3.42. The van der Waals surface area contributed by atoms with Crippen LogP contribution in [0.25, 0.3) is 0 Å². The summed E-state index contributed by atoms with van der Waals surface area (Å²) < 4.78 is 23.1. The molecule has 1 aromatic carbocycles. The lowest BCUT2D eigenvalue weighted by atomic mass is 9.75. The van der Waals surface area contributed by atoms with Gasteiger partial charge in [0, 0.05) is 40.4 Å². The molecule has 5 rings (SSSR count). The number of fused-ring (bicyclic) bond motifs is 1. The van der Waals surface area contributed by atoms with Gasteiger partial charge in [-0.15, -0.1) is 0 Å². The first-order valence-corrected chi connectivity index (χ1v) is 11.4. The van der Waals surface area contributed by atoms with Crippen molar-refractivity contribution in [3.8, 4) is 11.5 Å². The molecule has 1 N–H and O–H groups in total. The van der Waals surface area contributed by atoms with E-state index in [1.807, 2.05) is 19.1 Å². The molecule has 2 atom stereocenters. The number of esters is 1. The molecule has 8 heteroatoms. The van der Waals surface area contributed by atoms with Crippen molar-refractivity contribution in [1.82, 2.24) is 5.32 Å². The van der Waals surface area contributed by atoms with Crippen molar-refractivity contribution >= 4 is 27.7 Å². The van der Waals surface area contributed by atoms with Gasteiger partial charge in [0.05, 0.1) is 11.7 Å². The Bertz CT molecular complexity index is 1010. The standard InChI is InChI=1S/C23H24BrNO6/c1-12-20(23(27)29-10-13-4-3-7-28-13)21(22-16(25-12)5-2-6-17(22)26)14-8-18-19(9-15(14)24)31-11-30-18/h8-9,13,21,25H,2-7,10-11H2,1H3/t13-,21+/m1/s1. The number of rotatable bonds is 4. The average molecular weight is 490 g/mol. The number of hydrogen-bond acceptors (Lipinski definition) is 7. The van der Waals surface area contributed by atoms with Crippen molar-refractivity contribution < 1.29 is 28.5 Å². The summed E-state index contributed by atoms with van der Waals surface area (Å²) in [7, 11) is 0. The minimum Gasteiger partial charge on any atom is -0.459 e. The van der Waals surface area contributed by atoms with Crippen molar-refractivity contribution in [3.05, 3.63) is 44.7 Å². The quantitative estimate of drug-likeness (QED) is 0.642. The smallest absolute Gasteiger partial charge is 0.336 e. The summed E-state index contributed by atoms with van der Waals surface area (Å²) in [6.07, 6.45) is 3.83. The molecule has 0 spiro atoms. The van der Waals surface area contributed by atoms with Gasteiger partial charge < -0.3 is 24.3 Å². The molecule has 0 radical (unpaired) electrons. The lowest BCUT2D eigenvalue weighted by Crippen LogP contribution is -2.35. The van der Waals surface area contributed by atoms with Crippen LogP contribution in [0, 0.1) is 0 Å². The van der Waals surface area contributed by atoms with Crippen molar-refractivity contribution in [2.45, 2.75) is 51.0 Å². The number of ether oxygens (including phenoxy) is 4. The summed E-state index contributed by atoms with van der Waals surface area (Å²) in [5.74, 6) is 0.328. The molecule has 7 nitrogen and oxygen atoms in total. The van der Waals surface area contributed by atoms with E-state index >= 15 is 0 Å². The highest BCUT2D eigenvalue weighted by Crippen LogP contribution is 2.48. The molecule has 1 fully saturated rings. The Kier molecular flexibility index (Phi) is 5.52. The third-order valence-electron chi connectivity index (χ3n) is 6.22. The van der Waals surface area contributed by atoms with Gasteiger partial charge in [-0.1, -0.05) is 15.9 Å². The number of carbonyl (C=O) groups is 2. The van der Waals surface area contributed by atoms with E-state index in [2.05, 4.69) is 21.2 Å². The van der Waals surface area contributed by atoms with Crippen molar-refractivity contribution in [2.24, 2.45) is 0 Å². The SMILES string of the molecule is CC1=C(C(=O)OC[C@H]2CCCO2)[C@H](c2cc3c(cc2Br)OCO3)C2=C(CCCC2=O)N1. The van der Waals surface area contributed by atoms with Gasteiger partial charge in [-0.2, -0.15) is 0 Å². The van der Waals surface area contributed by atoms with E-state index in [0.717, 1.165) is 41.4 Å². The molecule has 0 unspecified atom stereocenters. The zero-order valence-corrected chi connectivity index (χ0v) is 18.9. The van der Waals surface area contributed by atoms with Crippen molar-refractivity contribution in [2.75, 3.05) is 20.0 Å². The molecule has 0 bridgehead atoms. The fraction of sp³-hybridized carbons (Fsp3) is 0.478. The molecule has 4 aliphatic rings. The number of benzene rings is 1. The topological polar surface area (TPSA) is 83.1 Å². The molecule has 0 amide bonds. The van der Waals surface area contributed by atoms with E-state index in [1.54, 1.807) is 0 Å². The summed E-state index contributed by atoms with van der Waals surface area (Å²) in [5, 5.41) is 3.31. The molecular formula is C23H24BrNO6. The lowest BCUT2D eigenvalue weighted by molar-refractivity contribution is -0.142. The summed E-state index contributed by atoms with van der Waals surface area (Å²) in [6, 6.07) is 3.69. The second-order valence-corrected chi connectivity index (χ2v) is 9.08. The fourth-order valence-electron chi connectivity index (χ4n) is 4.74. The van der Waals surface area contributed by atoms with Gasteiger partial charge in [0.2, 0.25) is 6.79 Å². The minimum atomic E-state index is -0.537. The number of ketones is 1. The van der Waals surface area contributed by atoms with Crippen LogP contribution in [0.1, 0.15) is 50.5 Å². The van der Waals surface area contributed by atoms with Crippen molar-refractivity contribution in [3.63, 3.8) is 0 Å². The van der Waals surface area contributed by atoms with Crippen LogP contribution in [0.5, 0.6) is 11.5 Å². The number of nitrogens with one attached hydrogen (secondary N) is 1. The lowest BCUT2D eigenvalue weighted by Gasteiger charge is -2.34. The predicted molar refractivity (Wildman–Crippen MR) is 115 cm³/mol. The van der Waals surface area contributed by atoms with Crippen LogP contribution in [0.2, 0.25) is 0 Å². The van der Waals surface area contributed by atoms with E-state index in [0.29, 0.717) is 41.4 Å². The Hall–Kier alpha value is -2.32. The van der Waals surface area contributed by atoms with Crippen LogP contribution in [0.4, 0.5) is 0 Å². The zero-order valence-electron chi connectivity index (χ0n) is 17.3. The highest BCUT2D eigenvalue weighted by Gasteiger charge is 2.40. The van der Waals surface area contributed by atoms with E-state index in [-0.39, 0.29) is 25.3 Å². The molecule has 1 aliphatic carbocycles. The second-order valence-electron chi connectivity index (χ2n) is 8.23. The fourth-order valence-corrected chi connectivity index (χ4v) is 5.29. The molecule has 3 heterocycles. The van der Waals surface area contributed by atoms with Crippen LogP contribution in [-0.4, -0.2) is 37.9 Å². The van der Waals surface area contributed by atoms with Crippen LogP contribution >= 0.6 is 15.9 Å². The third kappa shape index (κ3) is 3.76. The Balaban J connectivity index is 1.55. The van der Waals surface area contributed by atoms with Crippen LogP contribution in [0.3, 0.4) is 0 Å². The predicted octanol–water partition coefficient (Wildman–Crippen LogP) is 3.87. The number of halogens is 1. The maximum atomic E-state index is 13.3. The van der Waals surface area contributed by atoms with Gasteiger partial charge in [0.1, 0.15) is 6.61 Å². The number of allylic oxidation sites excluding steroid dienone is 3. The summed E-state index contributed by atoms with van der Waals surface area (Å²) >= 11 is 3.63. The molecule has 31 heavy (non-hydrogen) atoms. The van der Waals surface area contributed by atoms with Gasteiger partial charge in [-0.05, 0) is 50.3 Å². The number of dihydropyridines is 1. The maximum Gasteiger partial charge on any atom is 0.336 e. The van der Waals surface area contributed by atoms with E-state index in [1.165, 1.54) is 0 Å². The normalized spacial score (nSPS) is 24.9. The third-order valence-corrected chi connectivity index (χ3v) is 6.91. The first-order chi connectivity index (χ1) is 15.0. The van der Waals surface area contributed by atoms with E-state index < -0.39 is 11.9 Å². The van der Waals surface area contributed by atoms with Crippen LogP contribution in [0.15, 0.2) is 39.1 Å². The molecule has 1 aromatic rings. The van der Waals surface area contributed by atoms with Crippen LogP contribution in [-0.2, 0) is 19.1 Å². The minimum absolute atomic E-state index is 0.0558. The summed E-state index contributed by atoms with van der Waals surface area (Å²) in [4.78, 5) is 26.3. The highest BCUT2D eigenvalue weighted by atomic mass is 79.9. The van der Waals surface area contributed by atoms with Gasteiger partial charge in [0.15, 0.2) is 17.3 Å². The number of Topliss-reactive ketones (excluding diaryl/α,β-unsaturated/α-hetero) is 1. The Morgan fingerprint density at radius 2 is 2.03 bits per heavy atom. The molecule has 0 aromatic heterocycles. The summed E-state index contributed by atoms with van der Waals surface area (Å²) in [5.41, 5.74) is 3.48. The van der Waals surface area contributed by atoms with Crippen LogP contribution < -0.4 is 14.8 Å². The monoisotopic (exact) mass is 489 g/mol. The van der Waals surface area contributed by atoms with Crippen molar-refractivity contribution in [1.29, 1.82) is 0 Å². The zero-order chi connectivity index (χ0) is 21.5. The maximum absolute atomic E-state index is 13.3. The number of carbonyl (C=O) groups excluding carboxylic acids is 2. The van der Waals surface area contributed by atoms with E-state index in [4.69, 9.17) is 18.9 Å². The molecule has 3 aliphatic heterocycles. The van der Waals surface area contributed by atoms with Gasteiger partial charge >= 0.3 is 5.97 Å². The molecule has 1 saturated heterocycles. The van der Waals surface area contributed by atoms with Gasteiger partial charge in [0.25, 0.3) is 0 Å². The molecule has 164 valence electrons. The number of hydrogen-bond donors (Lipinski definition) is 1. The summed E-state index contributed by atoms with van der Waals surface area (Å²) in [6.45, 7) is 2.92. The Morgan fingerprint density at radius 1 is 1.23 bits per heavy atom. The van der Waals surface area contributed by atoms with E-state index in [9.17, 15) is 9.59 Å². The first-order valence-electron chi connectivity index (χ1n) is 10.6. The van der Waals surface area contributed by atoms with Gasteiger partial charge in [-0.3, -0.25) is 4.79 Å². The first kappa shape index (κ1) is 20.6. The largest absolute Gasteiger partial charge is 0.459 e. The second kappa shape index (κ2) is 8.31. The Morgan fingerprint density at radius 3 is 2.81 bits per heavy atom. The van der Waals surface area contributed by atoms with Gasteiger partial charge in [-0.25, -0.2) is 4.79 Å². The Labute approximate surface area is 188 Å².